The average Bonchev–Trinajstić information content (AvgIpc) is 3.12. The number of carbonyl (C=O) groups is 2. The summed E-state index contributed by atoms with van der Waals surface area (Å²) in [5.74, 6) is -1.18. The van der Waals surface area contributed by atoms with Crippen molar-refractivity contribution in [1.82, 2.24) is 9.88 Å². The minimum atomic E-state index is -4.69. The monoisotopic (exact) mass is 779 g/mol. The number of hydrogen-bond donors (Lipinski definition) is 1. The van der Waals surface area contributed by atoms with Gasteiger partial charge in [-0.3, -0.25) is 14.6 Å². The molecule has 1 amide bonds. The smallest absolute Gasteiger partial charge is 0.417 e. The van der Waals surface area contributed by atoms with Crippen molar-refractivity contribution in [2.24, 2.45) is 5.41 Å². The highest BCUT2D eigenvalue weighted by Gasteiger charge is 2.36. The number of hydrogen-bond acceptors (Lipinski definition) is 6. The van der Waals surface area contributed by atoms with E-state index in [1.54, 1.807) is 27.7 Å². The maximum absolute atomic E-state index is 13.9. The number of alkyl halides is 3. The minimum absolute atomic E-state index is 0.0172. The fourth-order valence-corrected chi connectivity index (χ4v) is 6.48. The Morgan fingerprint density at radius 2 is 1.41 bits per heavy atom. The molecule has 2 heterocycles. The zero-order valence-corrected chi connectivity index (χ0v) is 34.2. The first-order valence-corrected chi connectivity index (χ1v) is 19.0. The quantitative estimate of drug-likeness (QED) is 0.127. The van der Waals surface area contributed by atoms with E-state index in [0.29, 0.717) is 24.1 Å². The molecule has 5 rings (SSSR count). The lowest BCUT2D eigenvalue weighted by atomic mass is 9.82. The first-order valence-electron chi connectivity index (χ1n) is 19.0. The number of aliphatic hydroxyl groups is 1. The molecule has 1 aliphatic rings. The molecule has 0 radical (unpaired) electrons. The van der Waals surface area contributed by atoms with Crippen LogP contribution in [0.2, 0.25) is 0 Å². The standard InChI is InChI=1S/C38H41F4N3O.C4H10O.C3H6O2/c1-6-31-25(2)43-26(3)34(35(31)44-21-19-37(4,5)20-22-44)29-15-11-27(12-16-29)23-45(24-28-13-17-30(39)18-14-28)36(46)32-9-7-8-10-33(32)38(40,41)42;1-4(2,3)5;1-2-5-3-4/h7-18H,6,19-24H2,1-5H3;5H,1-3H3;3H,2H2,1H3. The third-order valence-corrected chi connectivity index (χ3v) is 9.33. The molecular weight excluding hydrogens is 723 g/mol. The molecule has 11 heteroatoms. The third kappa shape index (κ3) is 13.5. The number of rotatable bonds is 10. The SMILES string of the molecule is CC(C)(C)O.CCOC=O.CCc1c(C)nc(C)c(-c2ccc(CN(Cc3ccc(F)cc3)C(=O)c3ccccc3C(F)(F)F)cc2)c1N1CCC(C)(C)CC1. The molecule has 0 spiro atoms. The van der Waals surface area contributed by atoms with Crippen molar-refractivity contribution in [2.45, 2.75) is 106 Å². The van der Waals surface area contributed by atoms with Gasteiger partial charge in [-0.15, -0.1) is 0 Å². The number of anilines is 1. The van der Waals surface area contributed by atoms with Crippen LogP contribution < -0.4 is 4.90 Å². The summed E-state index contributed by atoms with van der Waals surface area (Å²) in [6.45, 7) is 20.8. The molecule has 0 bridgehead atoms. The summed E-state index contributed by atoms with van der Waals surface area (Å²) in [5.41, 5.74) is 6.31. The lowest BCUT2D eigenvalue weighted by Crippen LogP contribution is -2.38. The molecule has 1 aromatic heterocycles. The molecule has 1 saturated heterocycles. The van der Waals surface area contributed by atoms with Crippen molar-refractivity contribution >= 4 is 18.1 Å². The van der Waals surface area contributed by atoms with Crippen LogP contribution in [0.3, 0.4) is 0 Å². The predicted molar refractivity (Wildman–Crippen MR) is 215 cm³/mol. The second kappa shape index (κ2) is 19.9. The number of pyridine rings is 1. The van der Waals surface area contributed by atoms with Crippen molar-refractivity contribution in [2.75, 3.05) is 24.6 Å². The lowest BCUT2D eigenvalue weighted by Gasteiger charge is -2.40. The zero-order valence-electron chi connectivity index (χ0n) is 34.2. The molecule has 0 saturated carbocycles. The van der Waals surface area contributed by atoms with Crippen LogP contribution in [0.4, 0.5) is 23.2 Å². The van der Waals surface area contributed by atoms with Crippen LogP contribution in [0.25, 0.3) is 11.1 Å². The Morgan fingerprint density at radius 3 is 1.88 bits per heavy atom. The number of halogens is 4. The molecule has 1 fully saturated rings. The molecule has 0 aliphatic carbocycles. The molecule has 3 aromatic carbocycles. The molecule has 4 aromatic rings. The van der Waals surface area contributed by atoms with Gasteiger partial charge in [-0.05, 0) is 113 Å². The van der Waals surface area contributed by atoms with Crippen molar-refractivity contribution in [1.29, 1.82) is 0 Å². The summed E-state index contributed by atoms with van der Waals surface area (Å²) >= 11 is 0. The average molecular weight is 780 g/mol. The zero-order chi connectivity index (χ0) is 41.8. The minimum Gasteiger partial charge on any atom is -0.468 e. The van der Waals surface area contributed by atoms with E-state index in [1.807, 2.05) is 31.2 Å². The van der Waals surface area contributed by atoms with E-state index < -0.39 is 34.6 Å². The van der Waals surface area contributed by atoms with Crippen LogP contribution in [0.15, 0.2) is 72.8 Å². The van der Waals surface area contributed by atoms with Crippen LogP contribution in [0.1, 0.15) is 105 Å². The van der Waals surface area contributed by atoms with Gasteiger partial charge in [0.05, 0.1) is 29.0 Å². The van der Waals surface area contributed by atoms with Crippen LogP contribution in [0.5, 0.6) is 0 Å². The largest absolute Gasteiger partial charge is 0.468 e. The Kier molecular flexibility index (Phi) is 16.2. The van der Waals surface area contributed by atoms with Crippen LogP contribution >= 0.6 is 0 Å². The Labute approximate surface area is 329 Å². The van der Waals surface area contributed by atoms with E-state index in [9.17, 15) is 27.2 Å². The van der Waals surface area contributed by atoms with E-state index in [-0.39, 0.29) is 13.1 Å². The van der Waals surface area contributed by atoms with Crippen molar-refractivity contribution in [3.63, 3.8) is 0 Å². The summed E-state index contributed by atoms with van der Waals surface area (Å²) in [6, 6.07) is 18.3. The fourth-order valence-electron chi connectivity index (χ4n) is 6.48. The molecule has 0 unspecified atom stereocenters. The molecule has 7 nitrogen and oxygen atoms in total. The Hall–Kier alpha value is -4.77. The number of benzene rings is 3. The highest BCUT2D eigenvalue weighted by molar-refractivity contribution is 5.96. The first kappa shape index (κ1) is 45.6. The maximum atomic E-state index is 13.9. The van der Waals surface area contributed by atoms with Crippen LogP contribution in [-0.4, -0.2) is 52.7 Å². The Morgan fingerprint density at radius 1 is 0.893 bits per heavy atom. The van der Waals surface area contributed by atoms with Gasteiger partial charge in [-0.25, -0.2) is 4.39 Å². The Bertz CT molecular complexity index is 1870. The topological polar surface area (TPSA) is 83.0 Å². The highest BCUT2D eigenvalue weighted by atomic mass is 19.4. The van der Waals surface area contributed by atoms with Gasteiger partial charge in [0.15, 0.2) is 0 Å². The van der Waals surface area contributed by atoms with E-state index in [4.69, 9.17) is 10.1 Å². The number of piperidine rings is 1. The second-order valence-corrected chi connectivity index (χ2v) is 15.7. The van der Waals surface area contributed by atoms with Crippen LogP contribution in [0, 0.1) is 25.1 Å². The van der Waals surface area contributed by atoms with E-state index in [2.05, 4.69) is 37.3 Å². The van der Waals surface area contributed by atoms with Gasteiger partial charge in [0.2, 0.25) is 0 Å². The van der Waals surface area contributed by atoms with Crippen LogP contribution in [-0.2, 0) is 35.2 Å². The molecule has 304 valence electrons. The maximum Gasteiger partial charge on any atom is 0.417 e. The Balaban J connectivity index is 0.000000748. The van der Waals surface area contributed by atoms with E-state index in [0.717, 1.165) is 66.5 Å². The summed E-state index contributed by atoms with van der Waals surface area (Å²) in [5, 5.41) is 8.52. The van der Waals surface area contributed by atoms with Crippen molar-refractivity contribution in [3.8, 4) is 11.1 Å². The van der Waals surface area contributed by atoms with Gasteiger partial charge in [0, 0.05) is 43.1 Å². The number of aryl methyl sites for hydroxylation is 2. The molecule has 0 atom stereocenters. The van der Waals surface area contributed by atoms with Gasteiger partial charge >= 0.3 is 6.18 Å². The first-order chi connectivity index (χ1) is 26.2. The molecular formula is C45H57F4N3O4. The molecule has 1 N–H and O–H groups in total. The predicted octanol–water partition coefficient (Wildman–Crippen LogP) is 10.5. The van der Waals surface area contributed by atoms with E-state index >= 15 is 0 Å². The fraction of sp³-hybridized carbons (Fsp3) is 0.444. The van der Waals surface area contributed by atoms with Gasteiger partial charge in [0.1, 0.15) is 5.82 Å². The third-order valence-electron chi connectivity index (χ3n) is 9.33. The number of amides is 1. The summed E-state index contributed by atoms with van der Waals surface area (Å²) < 4.78 is 59.4. The molecule has 56 heavy (non-hydrogen) atoms. The number of nitrogens with zero attached hydrogens (tertiary/aromatic N) is 3. The number of carbonyl (C=O) groups excluding carboxylic acids is 2. The van der Waals surface area contributed by atoms with Gasteiger partial charge in [-0.1, -0.05) is 69.3 Å². The van der Waals surface area contributed by atoms with Gasteiger partial charge < -0.3 is 19.6 Å². The van der Waals surface area contributed by atoms with Crippen molar-refractivity contribution < 1.29 is 37.0 Å². The molecule has 1 aliphatic heterocycles. The second-order valence-electron chi connectivity index (χ2n) is 15.7. The van der Waals surface area contributed by atoms with Gasteiger partial charge in [-0.2, -0.15) is 13.2 Å². The normalized spacial score (nSPS) is 13.8. The highest BCUT2D eigenvalue weighted by Crippen LogP contribution is 2.41. The van der Waals surface area contributed by atoms with Crippen molar-refractivity contribution in [3.05, 3.63) is 118 Å². The summed E-state index contributed by atoms with van der Waals surface area (Å²) in [7, 11) is 0. The lowest BCUT2D eigenvalue weighted by molar-refractivity contribution is -0.138. The number of ether oxygens (including phenoxy) is 1. The van der Waals surface area contributed by atoms with E-state index in [1.165, 1.54) is 58.6 Å². The summed E-state index contributed by atoms with van der Waals surface area (Å²) in [6.07, 6.45) is -1.62. The number of aromatic nitrogens is 1. The van der Waals surface area contributed by atoms with Gasteiger partial charge in [0.25, 0.3) is 12.4 Å². The summed E-state index contributed by atoms with van der Waals surface area (Å²) in [4.78, 5) is 31.7.